The average Bonchev–Trinajstić information content (AvgIpc) is 2.78. The van der Waals surface area contributed by atoms with E-state index in [4.69, 9.17) is 9.47 Å². The van der Waals surface area contributed by atoms with Gasteiger partial charge in [-0.05, 0) is 36.2 Å². The van der Waals surface area contributed by atoms with Crippen molar-refractivity contribution in [2.24, 2.45) is 0 Å². The molecule has 0 saturated carbocycles. The van der Waals surface area contributed by atoms with Crippen molar-refractivity contribution >= 4 is 5.91 Å². The molecule has 0 fully saturated rings. The molecular formula is C23H25N3O4. The fraction of sp³-hybridized carbons (Fsp3) is 0.261. The van der Waals surface area contributed by atoms with Crippen molar-refractivity contribution in [3.05, 3.63) is 93.9 Å². The van der Waals surface area contributed by atoms with Gasteiger partial charge in [-0.25, -0.2) is 4.68 Å². The second-order valence-electron chi connectivity index (χ2n) is 6.59. The van der Waals surface area contributed by atoms with Gasteiger partial charge in [-0.15, -0.1) is 0 Å². The molecule has 1 amide bonds. The second kappa shape index (κ2) is 10.4. The van der Waals surface area contributed by atoms with Gasteiger partial charge < -0.3 is 14.8 Å². The topological polar surface area (TPSA) is 82.5 Å². The predicted molar refractivity (Wildman–Crippen MR) is 114 cm³/mol. The van der Waals surface area contributed by atoms with Gasteiger partial charge in [0.2, 0.25) is 0 Å². The first-order chi connectivity index (χ1) is 14.6. The quantitative estimate of drug-likeness (QED) is 0.590. The molecule has 7 heteroatoms. The third kappa shape index (κ3) is 5.33. The summed E-state index contributed by atoms with van der Waals surface area (Å²) in [6, 6.07) is 19.7. The molecule has 3 rings (SSSR count). The van der Waals surface area contributed by atoms with E-state index in [-0.39, 0.29) is 29.7 Å². The van der Waals surface area contributed by atoms with Crippen LogP contribution >= 0.6 is 0 Å². The summed E-state index contributed by atoms with van der Waals surface area (Å²) in [6.07, 6.45) is 0. The van der Waals surface area contributed by atoms with Crippen molar-refractivity contribution in [2.75, 3.05) is 20.3 Å². The lowest BCUT2D eigenvalue weighted by Gasteiger charge is -2.20. The summed E-state index contributed by atoms with van der Waals surface area (Å²) in [6.45, 7) is 3.12. The van der Waals surface area contributed by atoms with Gasteiger partial charge in [-0.3, -0.25) is 9.59 Å². The van der Waals surface area contributed by atoms with Gasteiger partial charge in [-0.1, -0.05) is 42.5 Å². The summed E-state index contributed by atoms with van der Waals surface area (Å²) >= 11 is 0. The lowest BCUT2D eigenvalue weighted by atomic mass is 9.98. The minimum absolute atomic E-state index is 0.164. The summed E-state index contributed by atoms with van der Waals surface area (Å²) in [5.74, 6) is 0.398. The number of aromatic nitrogens is 2. The van der Waals surface area contributed by atoms with Crippen LogP contribution in [0.4, 0.5) is 0 Å². The largest absolute Gasteiger partial charge is 0.494 e. The maximum absolute atomic E-state index is 13.0. The smallest absolute Gasteiger partial charge is 0.272 e. The molecule has 0 aliphatic carbocycles. The van der Waals surface area contributed by atoms with Gasteiger partial charge in [-0.2, -0.15) is 5.10 Å². The van der Waals surface area contributed by atoms with Gasteiger partial charge in [0.25, 0.3) is 11.5 Å². The molecule has 156 valence electrons. The molecule has 1 atom stereocenters. The number of hydrogen-bond donors (Lipinski definition) is 1. The number of nitrogens with zero attached hydrogens (tertiary/aromatic N) is 2. The SMILES string of the molecule is CCOc1ccc(C(NC(=O)c2ccc(=O)n(CCOC)n2)c2ccccc2)cc1. The van der Waals surface area contributed by atoms with Gasteiger partial charge in [0.05, 0.1) is 25.8 Å². The molecule has 0 aliphatic heterocycles. The van der Waals surface area contributed by atoms with E-state index in [2.05, 4.69) is 10.4 Å². The number of benzene rings is 2. The molecule has 3 aromatic rings. The van der Waals surface area contributed by atoms with Crippen LogP contribution < -0.4 is 15.6 Å². The molecule has 2 aromatic carbocycles. The Morgan fingerprint density at radius 1 is 1.03 bits per heavy atom. The highest BCUT2D eigenvalue weighted by Gasteiger charge is 2.19. The van der Waals surface area contributed by atoms with E-state index in [0.717, 1.165) is 16.9 Å². The van der Waals surface area contributed by atoms with E-state index in [1.807, 2.05) is 61.5 Å². The number of amides is 1. The highest BCUT2D eigenvalue weighted by atomic mass is 16.5. The fourth-order valence-corrected chi connectivity index (χ4v) is 3.04. The van der Waals surface area contributed by atoms with E-state index in [1.54, 1.807) is 7.11 Å². The van der Waals surface area contributed by atoms with Crippen molar-refractivity contribution < 1.29 is 14.3 Å². The number of hydrogen-bond acceptors (Lipinski definition) is 5. The zero-order valence-electron chi connectivity index (χ0n) is 17.1. The second-order valence-corrected chi connectivity index (χ2v) is 6.59. The van der Waals surface area contributed by atoms with Crippen LogP contribution in [0.25, 0.3) is 0 Å². The Balaban J connectivity index is 1.88. The van der Waals surface area contributed by atoms with E-state index >= 15 is 0 Å². The monoisotopic (exact) mass is 407 g/mol. The van der Waals surface area contributed by atoms with Crippen LogP contribution in [0.3, 0.4) is 0 Å². The molecule has 30 heavy (non-hydrogen) atoms. The summed E-state index contributed by atoms with van der Waals surface area (Å²) in [5, 5.41) is 7.21. The Morgan fingerprint density at radius 3 is 2.40 bits per heavy atom. The van der Waals surface area contributed by atoms with E-state index in [0.29, 0.717) is 13.2 Å². The first-order valence-electron chi connectivity index (χ1n) is 9.78. The Morgan fingerprint density at radius 2 is 1.73 bits per heavy atom. The van der Waals surface area contributed by atoms with Crippen LogP contribution in [0.5, 0.6) is 5.75 Å². The molecule has 1 aromatic heterocycles. The number of methoxy groups -OCH3 is 1. The molecule has 0 bridgehead atoms. The minimum Gasteiger partial charge on any atom is -0.494 e. The van der Waals surface area contributed by atoms with E-state index < -0.39 is 0 Å². The minimum atomic E-state index is -0.379. The van der Waals surface area contributed by atoms with E-state index in [9.17, 15) is 9.59 Å². The predicted octanol–water partition coefficient (Wildman–Crippen LogP) is 2.81. The zero-order valence-corrected chi connectivity index (χ0v) is 17.1. The highest BCUT2D eigenvalue weighted by Crippen LogP contribution is 2.24. The van der Waals surface area contributed by atoms with Gasteiger partial charge in [0.15, 0.2) is 0 Å². The number of carbonyl (C=O) groups is 1. The molecule has 1 heterocycles. The van der Waals surface area contributed by atoms with Crippen LogP contribution in [0.2, 0.25) is 0 Å². The molecule has 1 unspecified atom stereocenters. The summed E-state index contributed by atoms with van der Waals surface area (Å²) in [4.78, 5) is 24.9. The Bertz CT molecular complexity index is 1020. The molecule has 0 aliphatic rings. The third-order valence-corrected chi connectivity index (χ3v) is 4.54. The van der Waals surface area contributed by atoms with Crippen molar-refractivity contribution in [3.8, 4) is 5.75 Å². The maximum Gasteiger partial charge on any atom is 0.272 e. The third-order valence-electron chi connectivity index (χ3n) is 4.54. The molecule has 1 N–H and O–H groups in total. The zero-order chi connectivity index (χ0) is 21.3. The van der Waals surface area contributed by atoms with Crippen molar-refractivity contribution in [1.29, 1.82) is 0 Å². The van der Waals surface area contributed by atoms with Crippen molar-refractivity contribution in [3.63, 3.8) is 0 Å². The molecule has 7 nitrogen and oxygen atoms in total. The molecule has 0 radical (unpaired) electrons. The van der Waals surface area contributed by atoms with E-state index in [1.165, 1.54) is 16.8 Å². The fourth-order valence-electron chi connectivity index (χ4n) is 3.04. The lowest BCUT2D eigenvalue weighted by Crippen LogP contribution is -2.33. The maximum atomic E-state index is 13.0. The summed E-state index contributed by atoms with van der Waals surface area (Å²) < 4.78 is 11.7. The van der Waals surface area contributed by atoms with Gasteiger partial charge in [0, 0.05) is 13.2 Å². The number of nitrogens with one attached hydrogen (secondary N) is 1. The Hall–Kier alpha value is -3.45. The Labute approximate surface area is 175 Å². The van der Waals surface area contributed by atoms with Crippen LogP contribution in [0.1, 0.15) is 34.6 Å². The van der Waals surface area contributed by atoms with Gasteiger partial charge >= 0.3 is 0 Å². The number of ether oxygens (including phenoxy) is 2. The highest BCUT2D eigenvalue weighted by molar-refractivity contribution is 5.92. The number of carbonyl (C=O) groups excluding carboxylic acids is 1. The molecule has 0 saturated heterocycles. The van der Waals surface area contributed by atoms with Crippen molar-refractivity contribution in [1.82, 2.24) is 15.1 Å². The standard InChI is InChI=1S/C23H25N3O4/c1-3-30-19-11-9-18(10-12-19)22(17-7-5-4-6-8-17)24-23(28)20-13-14-21(27)26(25-20)15-16-29-2/h4-14,22H,3,15-16H2,1-2H3,(H,24,28). The first-order valence-corrected chi connectivity index (χ1v) is 9.78. The van der Waals surface area contributed by atoms with Crippen LogP contribution in [-0.2, 0) is 11.3 Å². The average molecular weight is 407 g/mol. The normalized spacial score (nSPS) is 11.7. The summed E-state index contributed by atoms with van der Waals surface area (Å²) in [5.41, 5.74) is 1.72. The van der Waals surface area contributed by atoms with Crippen LogP contribution in [0, 0.1) is 0 Å². The first kappa shape index (κ1) is 21.3. The lowest BCUT2D eigenvalue weighted by molar-refractivity contribution is 0.0934. The molecular weight excluding hydrogens is 382 g/mol. The van der Waals surface area contributed by atoms with Crippen molar-refractivity contribution in [2.45, 2.75) is 19.5 Å². The molecule has 0 spiro atoms. The van der Waals surface area contributed by atoms with Gasteiger partial charge in [0.1, 0.15) is 11.4 Å². The Kier molecular flexibility index (Phi) is 7.34. The summed E-state index contributed by atoms with van der Waals surface area (Å²) in [7, 11) is 1.54. The van der Waals surface area contributed by atoms with Crippen LogP contribution in [0.15, 0.2) is 71.5 Å². The van der Waals surface area contributed by atoms with Crippen LogP contribution in [-0.4, -0.2) is 36.0 Å². The number of rotatable bonds is 9.